The van der Waals surface area contributed by atoms with Crippen molar-refractivity contribution in [2.75, 3.05) is 6.54 Å². The molecule has 0 saturated heterocycles. The number of hydrogen-bond donors (Lipinski definition) is 1. The molecule has 1 N–H and O–H groups in total. The van der Waals surface area contributed by atoms with E-state index in [1.165, 1.54) is 9.75 Å². The summed E-state index contributed by atoms with van der Waals surface area (Å²) in [6.07, 6.45) is 1.95. The Labute approximate surface area is 106 Å². The lowest BCUT2D eigenvalue weighted by molar-refractivity contribution is 0.734. The van der Waals surface area contributed by atoms with Crippen LogP contribution in [0.15, 0.2) is 22.1 Å². The Morgan fingerprint density at radius 3 is 3.07 bits per heavy atom. The molecule has 2 rings (SSSR count). The molecule has 0 bridgehead atoms. The highest BCUT2D eigenvalue weighted by Gasteiger charge is 2.06. The van der Waals surface area contributed by atoms with E-state index in [-0.39, 0.29) is 0 Å². The van der Waals surface area contributed by atoms with E-state index in [1.54, 1.807) is 22.7 Å². The molecular weight excluding hydrogens is 292 g/mol. The molecule has 80 valence electrons. The van der Waals surface area contributed by atoms with Crippen LogP contribution in [0.4, 0.5) is 0 Å². The summed E-state index contributed by atoms with van der Waals surface area (Å²) in [4.78, 5) is 6.94. The highest BCUT2D eigenvalue weighted by atomic mass is 79.9. The van der Waals surface area contributed by atoms with Crippen molar-refractivity contribution < 1.29 is 0 Å². The largest absolute Gasteiger partial charge is 0.312 e. The molecule has 0 atom stereocenters. The molecule has 0 aliphatic carbocycles. The summed E-state index contributed by atoms with van der Waals surface area (Å²) >= 11 is 6.93. The van der Waals surface area contributed by atoms with Crippen molar-refractivity contribution in [1.29, 1.82) is 0 Å². The normalized spacial score (nSPS) is 10.8. The molecule has 0 unspecified atom stereocenters. The molecule has 2 aromatic rings. The van der Waals surface area contributed by atoms with Gasteiger partial charge in [-0.1, -0.05) is 6.92 Å². The lowest BCUT2D eigenvalue weighted by atomic mass is 10.5. The van der Waals surface area contributed by atoms with Gasteiger partial charge in [-0.3, -0.25) is 0 Å². The molecule has 0 radical (unpaired) electrons. The zero-order chi connectivity index (χ0) is 10.7. The Hall–Kier alpha value is -0.230. The summed E-state index contributed by atoms with van der Waals surface area (Å²) in [6.45, 7) is 4.02. The van der Waals surface area contributed by atoms with Gasteiger partial charge in [-0.05, 0) is 28.5 Å². The van der Waals surface area contributed by atoms with E-state index < -0.39 is 0 Å². The molecule has 15 heavy (non-hydrogen) atoms. The zero-order valence-electron chi connectivity index (χ0n) is 8.29. The number of rotatable bonds is 4. The molecule has 2 aromatic heterocycles. The van der Waals surface area contributed by atoms with Crippen molar-refractivity contribution in [2.24, 2.45) is 0 Å². The highest BCUT2D eigenvalue weighted by molar-refractivity contribution is 9.10. The Morgan fingerprint density at radius 1 is 1.53 bits per heavy atom. The minimum Gasteiger partial charge on any atom is -0.312 e. The fraction of sp³-hybridized carbons (Fsp3) is 0.300. The second kappa shape index (κ2) is 5.21. The first kappa shape index (κ1) is 11.3. The second-order valence-corrected chi connectivity index (χ2v) is 5.98. The SMILES string of the molecule is CCNCc1cnc(-c2cc(Br)cs2)s1. The van der Waals surface area contributed by atoms with Crippen molar-refractivity contribution in [3.63, 3.8) is 0 Å². The minimum absolute atomic E-state index is 0.917. The number of hydrogen-bond acceptors (Lipinski definition) is 4. The van der Waals surface area contributed by atoms with Gasteiger partial charge < -0.3 is 5.32 Å². The molecule has 0 aromatic carbocycles. The number of halogens is 1. The van der Waals surface area contributed by atoms with Crippen LogP contribution < -0.4 is 5.32 Å². The summed E-state index contributed by atoms with van der Waals surface area (Å²) in [5.41, 5.74) is 0. The van der Waals surface area contributed by atoms with Gasteiger partial charge in [0.15, 0.2) is 0 Å². The van der Waals surface area contributed by atoms with Crippen molar-refractivity contribution in [2.45, 2.75) is 13.5 Å². The predicted octanol–water partition coefficient (Wildman–Crippen LogP) is 3.74. The maximum absolute atomic E-state index is 4.42. The third-order valence-electron chi connectivity index (χ3n) is 1.88. The van der Waals surface area contributed by atoms with Crippen LogP contribution in [-0.2, 0) is 6.54 Å². The molecule has 0 aliphatic heterocycles. The minimum atomic E-state index is 0.917. The molecule has 0 aliphatic rings. The van der Waals surface area contributed by atoms with E-state index >= 15 is 0 Å². The molecule has 0 fully saturated rings. The number of thiazole rings is 1. The van der Waals surface area contributed by atoms with Crippen LogP contribution in [0.1, 0.15) is 11.8 Å². The van der Waals surface area contributed by atoms with Gasteiger partial charge in [-0.25, -0.2) is 4.98 Å². The smallest absolute Gasteiger partial charge is 0.133 e. The van der Waals surface area contributed by atoms with Gasteiger partial charge in [0.2, 0.25) is 0 Å². The van der Waals surface area contributed by atoms with Crippen LogP contribution in [0.25, 0.3) is 9.88 Å². The van der Waals surface area contributed by atoms with Crippen LogP contribution in [0, 0.1) is 0 Å². The fourth-order valence-corrected chi connectivity index (χ4v) is 3.56. The van der Waals surface area contributed by atoms with Crippen molar-refractivity contribution in [3.8, 4) is 9.88 Å². The second-order valence-electron chi connectivity index (χ2n) is 3.04. The van der Waals surface area contributed by atoms with Gasteiger partial charge in [0.05, 0.1) is 4.88 Å². The summed E-state index contributed by atoms with van der Waals surface area (Å²) in [5.74, 6) is 0. The van der Waals surface area contributed by atoms with Crippen molar-refractivity contribution in [3.05, 3.63) is 27.0 Å². The third-order valence-corrected chi connectivity index (χ3v) is 4.74. The van der Waals surface area contributed by atoms with E-state index in [4.69, 9.17) is 0 Å². The highest BCUT2D eigenvalue weighted by Crippen LogP contribution is 2.32. The summed E-state index contributed by atoms with van der Waals surface area (Å²) < 4.78 is 1.13. The maximum Gasteiger partial charge on any atom is 0.133 e. The summed E-state index contributed by atoms with van der Waals surface area (Å²) in [7, 11) is 0. The number of nitrogens with zero attached hydrogens (tertiary/aromatic N) is 1. The topological polar surface area (TPSA) is 24.9 Å². The Kier molecular flexibility index (Phi) is 3.91. The Morgan fingerprint density at radius 2 is 2.40 bits per heavy atom. The number of nitrogens with one attached hydrogen (secondary N) is 1. The lowest BCUT2D eigenvalue weighted by Crippen LogP contribution is -2.10. The van der Waals surface area contributed by atoms with Crippen LogP contribution >= 0.6 is 38.6 Å². The Bertz CT molecular complexity index is 436. The van der Waals surface area contributed by atoms with Crippen LogP contribution in [0.5, 0.6) is 0 Å². The van der Waals surface area contributed by atoms with E-state index in [1.807, 2.05) is 6.20 Å². The first-order valence-corrected chi connectivity index (χ1v) is 7.18. The number of aromatic nitrogens is 1. The van der Waals surface area contributed by atoms with Gasteiger partial charge in [0, 0.05) is 27.5 Å². The van der Waals surface area contributed by atoms with E-state index in [0.717, 1.165) is 22.6 Å². The van der Waals surface area contributed by atoms with Gasteiger partial charge in [-0.15, -0.1) is 22.7 Å². The molecule has 2 nitrogen and oxygen atoms in total. The predicted molar refractivity (Wildman–Crippen MR) is 70.5 cm³/mol. The van der Waals surface area contributed by atoms with Crippen LogP contribution in [0.3, 0.4) is 0 Å². The van der Waals surface area contributed by atoms with Crippen molar-refractivity contribution >= 4 is 38.6 Å². The van der Waals surface area contributed by atoms with Gasteiger partial charge in [0.25, 0.3) is 0 Å². The average Bonchev–Trinajstić information content (AvgIpc) is 2.83. The van der Waals surface area contributed by atoms with Gasteiger partial charge in [-0.2, -0.15) is 0 Å². The zero-order valence-corrected chi connectivity index (χ0v) is 11.5. The lowest BCUT2D eigenvalue weighted by Gasteiger charge is -1.94. The summed E-state index contributed by atoms with van der Waals surface area (Å²) in [5, 5.41) is 6.49. The molecule has 2 heterocycles. The Balaban J connectivity index is 2.13. The molecule has 0 saturated carbocycles. The molecular formula is C10H11BrN2S2. The third kappa shape index (κ3) is 2.87. The van der Waals surface area contributed by atoms with Crippen molar-refractivity contribution in [1.82, 2.24) is 10.3 Å². The summed E-state index contributed by atoms with van der Waals surface area (Å²) in [6, 6.07) is 2.11. The first-order chi connectivity index (χ1) is 7.29. The quantitative estimate of drug-likeness (QED) is 0.930. The first-order valence-electron chi connectivity index (χ1n) is 4.69. The van der Waals surface area contributed by atoms with Crippen LogP contribution in [-0.4, -0.2) is 11.5 Å². The molecule has 0 amide bonds. The fourth-order valence-electron chi connectivity index (χ4n) is 1.18. The van der Waals surface area contributed by atoms with E-state index in [9.17, 15) is 0 Å². The molecule has 0 spiro atoms. The average molecular weight is 303 g/mol. The monoisotopic (exact) mass is 302 g/mol. The van der Waals surface area contributed by atoms with E-state index in [2.05, 4.69) is 44.6 Å². The van der Waals surface area contributed by atoms with E-state index in [0.29, 0.717) is 0 Å². The number of thiophene rings is 1. The van der Waals surface area contributed by atoms with Crippen LogP contribution in [0.2, 0.25) is 0 Å². The van der Waals surface area contributed by atoms with Gasteiger partial charge >= 0.3 is 0 Å². The standard InChI is InChI=1S/C10H11BrN2S2/c1-2-12-4-8-5-13-10(15-8)9-3-7(11)6-14-9/h3,5-6,12H,2,4H2,1H3. The molecule has 5 heteroatoms. The maximum atomic E-state index is 4.42. The van der Waals surface area contributed by atoms with Gasteiger partial charge in [0.1, 0.15) is 5.01 Å².